The van der Waals surface area contributed by atoms with Gasteiger partial charge >= 0.3 is 6.18 Å². The van der Waals surface area contributed by atoms with Crippen LogP contribution in [0.1, 0.15) is 18.4 Å². The fourth-order valence-corrected chi connectivity index (χ4v) is 3.37. The summed E-state index contributed by atoms with van der Waals surface area (Å²) in [4.78, 5) is 5.35. The van der Waals surface area contributed by atoms with Gasteiger partial charge < -0.3 is 5.73 Å². The van der Waals surface area contributed by atoms with Gasteiger partial charge in [0.1, 0.15) is 22.5 Å². The molecule has 9 heteroatoms. The third-order valence-electron chi connectivity index (χ3n) is 3.73. The molecule has 0 bridgehead atoms. The summed E-state index contributed by atoms with van der Waals surface area (Å²) in [5.74, 6) is 0.258. The number of rotatable bonds is 2. The van der Waals surface area contributed by atoms with E-state index in [0.717, 1.165) is 0 Å². The summed E-state index contributed by atoms with van der Waals surface area (Å²) in [5.41, 5.74) is 7.08. The highest BCUT2D eigenvalue weighted by molar-refractivity contribution is 9.10. The molecule has 1 atom stereocenters. The summed E-state index contributed by atoms with van der Waals surface area (Å²) in [5, 5.41) is 4.04. The number of nitrogens with two attached hydrogens (primary N) is 1. The fraction of sp³-hybridized carbons (Fsp3) is 0.500. The standard InChI is InChI=1S/C12H13BrF3N5/c13-9-4-7(10-11(17)18-6-19-21(9)10)5-20-3-1-2-8(20)12(14,15)16/h4,6,8H,1-3,5H2,(H2,17,18,19)/t8-/m0/s1. The summed E-state index contributed by atoms with van der Waals surface area (Å²) < 4.78 is 41.2. The van der Waals surface area contributed by atoms with Crippen molar-refractivity contribution in [3.05, 3.63) is 22.6 Å². The monoisotopic (exact) mass is 363 g/mol. The largest absolute Gasteiger partial charge is 0.404 e. The van der Waals surface area contributed by atoms with E-state index in [1.54, 1.807) is 6.07 Å². The van der Waals surface area contributed by atoms with Gasteiger partial charge in [-0.05, 0) is 46.9 Å². The second-order valence-corrected chi connectivity index (χ2v) is 5.88. The minimum absolute atomic E-state index is 0.141. The molecule has 0 aliphatic carbocycles. The van der Waals surface area contributed by atoms with Crippen molar-refractivity contribution in [1.82, 2.24) is 19.5 Å². The van der Waals surface area contributed by atoms with Crippen LogP contribution in [-0.2, 0) is 6.54 Å². The zero-order valence-corrected chi connectivity index (χ0v) is 12.5. The smallest absolute Gasteiger partial charge is 0.382 e. The Hall–Kier alpha value is -1.35. The molecule has 114 valence electrons. The van der Waals surface area contributed by atoms with Crippen molar-refractivity contribution in [3.8, 4) is 0 Å². The Balaban J connectivity index is 1.95. The number of nitrogen functional groups attached to an aromatic ring is 1. The quantitative estimate of drug-likeness (QED) is 0.890. The highest BCUT2D eigenvalue weighted by atomic mass is 79.9. The maximum atomic E-state index is 13.0. The first-order valence-corrected chi connectivity index (χ1v) is 7.24. The molecule has 1 aliphatic rings. The van der Waals surface area contributed by atoms with E-state index in [-0.39, 0.29) is 18.8 Å². The number of halogens is 4. The van der Waals surface area contributed by atoms with Crippen LogP contribution in [0.25, 0.3) is 5.52 Å². The predicted octanol–water partition coefficient (Wildman–Crippen LogP) is 2.60. The number of likely N-dealkylation sites (tertiary alicyclic amines) is 1. The lowest BCUT2D eigenvalue weighted by atomic mass is 10.2. The van der Waals surface area contributed by atoms with Crippen LogP contribution in [0.5, 0.6) is 0 Å². The second-order valence-electron chi connectivity index (χ2n) is 5.07. The topological polar surface area (TPSA) is 59.4 Å². The van der Waals surface area contributed by atoms with Crippen molar-refractivity contribution in [2.24, 2.45) is 0 Å². The van der Waals surface area contributed by atoms with Crippen LogP contribution in [0.15, 0.2) is 17.0 Å². The lowest BCUT2D eigenvalue weighted by Crippen LogP contribution is -2.40. The van der Waals surface area contributed by atoms with Crippen LogP contribution in [0, 0.1) is 0 Å². The Morgan fingerprint density at radius 3 is 2.90 bits per heavy atom. The fourth-order valence-electron chi connectivity index (χ4n) is 2.83. The summed E-state index contributed by atoms with van der Waals surface area (Å²) >= 11 is 3.33. The van der Waals surface area contributed by atoms with E-state index in [4.69, 9.17) is 5.73 Å². The molecule has 1 aliphatic heterocycles. The number of fused-ring (bicyclic) bond motifs is 1. The van der Waals surface area contributed by atoms with Crippen LogP contribution in [0.2, 0.25) is 0 Å². The zero-order valence-electron chi connectivity index (χ0n) is 10.9. The van der Waals surface area contributed by atoms with Crippen LogP contribution in [0.3, 0.4) is 0 Å². The summed E-state index contributed by atoms with van der Waals surface area (Å²) in [6.07, 6.45) is -2.21. The molecule has 2 aromatic heterocycles. The predicted molar refractivity (Wildman–Crippen MR) is 74.6 cm³/mol. The van der Waals surface area contributed by atoms with Crippen LogP contribution < -0.4 is 5.73 Å². The highest BCUT2D eigenvalue weighted by Crippen LogP contribution is 2.35. The highest BCUT2D eigenvalue weighted by Gasteiger charge is 2.45. The van der Waals surface area contributed by atoms with Gasteiger partial charge in [0.15, 0.2) is 5.82 Å². The van der Waals surface area contributed by atoms with E-state index < -0.39 is 12.2 Å². The van der Waals surface area contributed by atoms with E-state index >= 15 is 0 Å². The molecule has 0 spiro atoms. The average molecular weight is 364 g/mol. The Labute approximate surface area is 127 Å². The number of hydrogen-bond donors (Lipinski definition) is 1. The van der Waals surface area contributed by atoms with E-state index in [9.17, 15) is 13.2 Å². The van der Waals surface area contributed by atoms with Gasteiger partial charge in [-0.1, -0.05) is 0 Å². The molecule has 3 heterocycles. The van der Waals surface area contributed by atoms with Gasteiger partial charge in [0.05, 0.1) is 0 Å². The number of alkyl halides is 3. The minimum Gasteiger partial charge on any atom is -0.382 e. The van der Waals surface area contributed by atoms with Crippen molar-refractivity contribution < 1.29 is 13.2 Å². The summed E-state index contributed by atoms with van der Waals surface area (Å²) in [6.45, 7) is 0.601. The van der Waals surface area contributed by atoms with E-state index in [0.29, 0.717) is 28.6 Å². The van der Waals surface area contributed by atoms with Gasteiger partial charge in [-0.25, -0.2) is 9.50 Å². The molecule has 0 aromatic carbocycles. The third kappa shape index (κ3) is 2.59. The Morgan fingerprint density at radius 2 is 2.19 bits per heavy atom. The first kappa shape index (κ1) is 14.6. The van der Waals surface area contributed by atoms with Crippen molar-refractivity contribution in [2.75, 3.05) is 12.3 Å². The number of nitrogens with zero attached hydrogens (tertiary/aromatic N) is 4. The second kappa shape index (κ2) is 5.13. The zero-order chi connectivity index (χ0) is 15.2. The normalized spacial score (nSPS) is 20.5. The molecular formula is C12H13BrF3N5. The Kier molecular flexibility index (Phi) is 3.56. The third-order valence-corrected chi connectivity index (χ3v) is 4.30. The number of hydrogen-bond acceptors (Lipinski definition) is 4. The molecule has 5 nitrogen and oxygen atoms in total. The maximum Gasteiger partial charge on any atom is 0.404 e. The molecular weight excluding hydrogens is 351 g/mol. The SMILES string of the molecule is Nc1ncnn2c(Br)cc(CN3CCC[C@H]3C(F)(F)F)c12. The number of aromatic nitrogens is 3. The molecule has 21 heavy (non-hydrogen) atoms. The van der Waals surface area contributed by atoms with Crippen molar-refractivity contribution in [3.63, 3.8) is 0 Å². The van der Waals surface area contributed by atoms with E-state index in [1.807, 2.05) is 0 Å². The lowest BCUT2D eigenvalue weighted by Gasteiger charge is -2.26. The first-order valence-electron chi connectivity index (χ1n) is 6.45. The van der Waals surface area contributed by atoms with Crippen LogP contribution >= 0.6 is 15.9 Å². The van der Waals surface area contributed by atoms with Crippen LogP contribution in [0.4, 0.5) is 19.0 Å². The molecule has 1 fully saturated rings. The van der Waals surface area contributed by atoms with Gasteiger partial charge in [0.25, 0.3) is 0 Å². The van der Waals surface area contributed by atoms with Gasteiger partial charge in [-0.15, -0.1) is 0 Å². The van der Waals surface area contributed by atoms with Gasteiger partial charge in [-0.2, -0.15) is 18.3 Å². The Morgan fingerprint density at radius 1 is 1.43 bits per heavy atom. The average Bonchev–Trinajstić information content (AvgIpc) is 2.96. The van der Waals surface area contributed by atoms with E-state index in [2.05, 4.69) is 26.0 Å². The number of anilines is 1. The molecule has 3 rings (SSSR count). The van der Waals surface area contributed by atoms with Gasteiger partial charge in [0.2, 0.25) is 0 Å². The molecule has 2 N–H and O–H groups in total. The molecule has 0 unspecified atom stereocenters. The van der Waals surface area contributed by atoms with Gasteiger partial charge in [-0.3, -0.25) is 4.90 Å². The molecule has 0 radical (unpaired) electrons. The maximum absolute atomic E-state index is 13.0. The molecule has 0 amide bonds. The summed E-state index contributed by atoms with van der Waals surface area (Å²) in [7, 11) is 0. The Bertz CT molecular complexity index is 669. The molecule has 0 saturated carbocycles. The first-order chi connectivity index (χ1) is 9.88. The summed E-state index contributed by atoms with van der Waals surface area (Å²) in [6, 6.07) is 0.351. The molecule has 2 aromatic rings. The van der Waals surface area contributed by atoms with Crippen molar-refractivity contribution >= 4 is 27.3 Å². The van der Waals surface area contributed by atoms with E-state index in [1.165, 1.54) is 15.7 Å². The van der Waals surface area contributed by atoms with Crippen molar-refractivity contribution in [1.29, 1.82) is 0 Å². The lowest BCUT2D eigenvalue weighted by molar-refractivity contribution is -0.177. The molecule has 1 saturated heterocycles. The minimum atomic E-state index is -4.20. The van der Waals surface area contributed by atoms with Crippen LogP contribution in [-0.4, -0.2) is 38.3 Å². The van der Waals surface area contributed by atoms with Crippen molar-refractivity contribution in [2.45, 2.75) is 31.6 Å². The van der Waals surface area contributed by atoms with Gasteiger partial charge in [0, 0.05) is 6.54 Å².